The van der Waals surface area contributed by atoms with Crippen LogP contribution in [0, 0.1) is 0 Å². The molecule has 2 aromatic carbocycles. The molecule has 0 bridgehead atoms. The topological polar surface area (TPSA) is 42.0 Å². The number of anilines is 1. The third-order valence-corrected chi connectivity index (χ3v) is 7.07. The molecule has 0 aliphatic carbocycles. The second-order valence-corrected chi connectivity index (χ2v) is 9.72. The van der Waals surface area contributed by atoms with Crippen molar-refractivity contribution in [1.29, 1.82) is 0 Å². The number of benzene rings is 2. The van der Waals surface area contributed by atoms with Gasteiger partial charge in [-0.05, 0) is 42.7 Å². The lowest BCUT2D eigenvalue weighted by molar-refractivity contribution is -0.115. The summed E-state index contributed by atoms with van der Waals surface area (Å²) in [5.41, 5.74) is 2.22. The Kier molecular flexibility index (Phi) is 10.1. The van der Waals surface area contributed by atoms with Gasteiger partial charge in [-0.15, -0.1) is 11.8 Å². The molecular weight excluding hydrogens is 412 g/mol. The number of rotatable bonds is 13. The molecule has 3 rings (SSSR count). The number of carbonyl (C=O) groups is 1. The molecule has 1 unspecified atom stereocenters. The van der Waals surface area contributed by atoms with Crippen LogP contribution < -0.4 is 5.32 Å². The Morgan fingerprint density at radius 1 is 0.938 bits per heavy atom. The van der Waals surface area contributed by atoms with E-state index in [1.165, 1.54) is 37.7 Å². The van der Waals surface area contributed by atoms with Crippen LogP contribution in [0.5, 0.6) is 0 Å². The molecule has 4 heteroatoms. The Bertz CT molecular complexity index is 965. The van der Waals surface area contributed by atoms with E-state index in [-0.39, 0.29) is 11.2 Å². The summed E-state index contributed by atoms with van der Waals surface area (Å²) in [6.07, 6.45) is 14.2. The SMILES string of the molecule is CCCCCCCCC(Sc1ccc(CCC)cc1)C(=O)Nc1cccc2cnccc12. The molecular formula is C28H36N2OS. The third kappa shape index (κ3) is 7.37. The lowest BCUT2D eigenvalue weighted by Crippen LogP contribution is -2.25. The Morgan fingerprint density at radius 3 is 2.50 bits per heavy atom. The van der Waals surface area contributed by atoms with Crippen molar-refractivity contribution in [3.05, 3.63) is 66.5 Å². The maximum atomic E-state index is 13.3. The number of fused-ring (bicyclic) bond motifs is 1. The molecule has 170 valence electrons. The van der Waals surface area contributed by atoms with E-state index in [2.05, 4.69) is 48.4 Å². The van der Waals surface area contributed by atoms with Crippen LogP contribution in [0.15, 0.2) is 65.8 Å². The van der Waals surface area contributed by atoms with Crippen LogP contribution in [0.4, 0.5) is 5.69 Å². The minimum atomic E-state index is -0.102. The van der Waals surface area contributed by atoms with Gasteiger partial charge in [0.05, 0.1) is 5.25 Å². The summed E-state index contributed by atoms with van der Waals surface area (Å²) in [6, 6.07) is 16.7. The van der Waals surface area contributed by atoms with Gasteiger partial charge in [0.15, 0.2) is 0 Å². The minimum Gasteiger partial charge on any atom is -0.325 e. The average molecular weight is 449 g/mol. The number of thioether (sulfide) groups is 1. The maximum absolute atomic E-state index is 13.3. The fourth-order valence-corrected chi connectivity index (χ4v) is 5.06. The highest BCUT2D eigenvalue weighted by Gasteiger charge is 2.20. The number of amides is 1. The third-order valence-electron chi connectivity index (χ3n) is 5.79. The van der Waals surface area contributed by atoms with Crippen LogP contribution in [0.3, 0.4) is 0 Å². The largest absolute Gasteiger partial charge is 0.325 e. The fourth-order valence-electron chi connectivity index (χ4n) is 3.99. The second kappa shape index (κ2) is 13.3. The molecule has 3 nitrogen and oxygen atoms in total. The number of unbranched alkanes of at least 4 members (excludes halogenated alkanes) is 5. The summed E-state index contributed by atoms with van der Waals surface area (Å²) < 4.78 is 0. The van der Waals surface area contributed by atoms with Crippen molar-refractivity contribution < 1.29 is 4.79 Å². The Hall–Kier alpha value is -2.33. The van der Waals surface area contributed by atoms with E-state index in [1.54, 1.807) is 18.0 Å². The summed E-state index contributed by atoms with van der Waals surface area (Å²) in [5.74, 6) is 0.0884. The Labute approximate surface area is 197 Å². The highest BCUT2D eigenvalue weighted by molar-refractivity contribution is 8.00. The van der Waals surface area contributed by atoms with Crippen LogP contribution >= 0.6 is 11.8 Å². The molecule has 0 saturated heterocycles. The molecule has 1 heterocycles. The minimum absolute atomic E-state index is 0.0884. The van der Waals surface area contributed by atoms with Gasteiger partial charge in [-0.2, -0.15) is 0 Å². The number of nitrogens with one attached hydrogen (secondary N) is 1. The number of hydrogen-bond donors (Lipinski definition) is 1. The van der Waals surface area contributed by atoms with Crippen LogP contribution in [-0.2, 0) is 11.2 Å². The van der Waals surface area contributed by atoms with E-state index in [4.69, 9.17) is 0 Å². The summed E-state index contributed by atoms with van der Waals surface area (Å²) in [6.45, 7) is 4.44. The smallest absolute Gasteiger partial charge is 0.237 e. The molecule has 0 spiro atoms. The van der Waals surface area contributed by atoms with E-state index < -0.39 is 0 Å². The zero-order chi connectivity index (χ0) is 22.6. The molecule has 0 aliphatic rings. The quantitative estimate of drug-likeness (QED) is 0.212. The Morgan fingerprint density at radius 2 is 1.72 bits per heavy atom. The predicted octanol–water partition coefficient (Wildman–Crippen LogP) is 8.04. The van der Waals surface area contributed by atoms with E-state index in [9.17, 15) is 4.79 Å². The Balaban J connectivity index is 1.69. The van der Waals surface area contributed by atoms with Crippen LogP contribution in [0.1, 0.15) is 70.8 Å². The number of carbonyl (C=O) groups excluding carboxylic acids is 1. The molecule has 3 aromatic rings. The van der Waals surface area contributed by atoms with Gasteiger partial charge in [0.25, 0.3) is 0 Å². The van der Waals surface area contributed by atoms with Crippen molar-refractivity contribution in [2.45, 2.75) is 81.8 Å². The van der Waals surface area contributed by atoms with Crippen molar-refractivity contribution in [1.82, 2.24) is 4.98 Å². The first-order valence-corrected chi connectivity index (χ1v) is 13.0. The molecule has 0 aliphatic heterocycles. The number of aryl methyl sites for hydroxylation is 1. The number of pyridine rings is 1. The first-order valence-electron chi connectivity index (χ1n) is 12.1. The monoisotopic (exact) mass is 448 g/mol. The van der Waals surface area contributed by atoms with Gasteiger partial charge in [0.1, 0.15) is 0 Å². The lowest BCUT2D eigenvalue weighted by atomic mass is 10.1. The van der Waals surface area contributed by atoms with E-state index in [0.717, 1.165) is 47.0 Å². The average Bonchev–Trinajstić information content (AvgIpc) is 2.82. The molecule has 1 atom stereocenters. The standard InChI is InChI=1S/C28H36N2OS/c1-3-5-6-7-8-9-14-27(32-24-17-15-22(11-4-2)16-18-24)28(31)30-26-13-10-12-23-21-29-20-19-25(23)26/h10,12-13,15-21,27H,3-9,11,14H2,1-2H3,(H,30,31). The van der Waals surface area contributed by atoms with Gasteiger partial charge in [0, 0.05) is 33.7 Å². The fraction of sp³-hybridized carbons (Fsp3) is 0.429. The van der Waals surface area contributed by atoms with Crippen LogP contribution in [0.25, 0.3) is 10.8 Å². The van der Waals surface area contributed by atoms with Crippen LogP contribution in [-0.4, -0.2) is 16.1 Å². The molecule has 0 radical (unpaired) electrons. The first kappa shape index (κ1) is 24.3. The van der Waals surface area contributed by atoms with Gasteiger partial charge >= 0.3 is 0 Å². The summed E-state index contributed by atoms with van der Waals surface area (Å²) in [7, 11) is 0. The summed E-state index contributed by atoms with van der Waals surface area (Å²) >= 11 is 1.69. The summed E-state index contributed by atoms with van der Waals surface area (Å²) in [5, 5.41) is 5.18. The molecule has 0 fully saturated rings. The second-order valence-electron chi connectivity index (χ2n) is 8.45. The zero-order valence-corrected chi connectivity index (χ0v) is 20.3. The maximum Gasteiger partial charge on any atom is 0.237 e. The van der Waals surface area contributed by atoms with E-state index in [0.29, 0.717) is 0 Å². The molecule has 1 N–H and O–H groups in total. The van der Waals surface area contributed by atoms with Crippen molar-refractivity contribution in [2.75, 3.05) is 5.32 Å². The normalized spacial score (nSPS) is 12.1. The van der Waals surface area contributed by atoms with Gasteiger partial charge in [-0.1, -0.05) is 83.1 Å². The van der Waals surface area contributed by atoms with Crippen molar-refractivity contribution in [2.24, 2.45) is 0 Å². The molecule has 1 amide bonds. The van der Waals surface area contributed by atoms with E-state index in [1.807, 2.05) is 30.5 Å². The van der Waals surface area contributed by atoms with Crippen LogP contribution in [0.2, 0.25) is 0 Å². The highest BCUT2D eigenvalue weighted by atomic mass is 32.2. The molecule has 0 saturated carbocycles. The van der Waals surface area contributed by atoms with Gasteiger partial charge in [-0.3, -0.25) is 9.78 Å². The van der Waals surface area contributed by atoms with E-state index >= 15 is 0 Å². The number of nitrogens with zero attached hydrogens (tertiary/aromatic N) is 1. The first-order chi connectivity index (χ1) is 15.7. The van der Waals surface area contributed by atoms with Crippen molar-refractivity contribution in [3.63, 3.8) is 0 Å². The summed E-state index contributed by atoms with van der Waals surface area (Å²) in [4.78, 5) is 18.7. The van der Waals surface area contributed by atoms with Crippen molar-refractivity contribution in [3.8, 4) is 0 Å². The molecule has 32 heavy (non-hydrogen) atoms. The number of aromatic nitrogens is 1. The van der Waals surface area contributed by atoms with Gasteiger partial charge < -0.3 is 5.32 Å². The zero-order valence-electron chi connectivity index (χ0n) is 19.5. The molecule has 1 aromatic heterocycles. The predicted molar refractivity (Wildman–Crippen MR) is 138 cm³/mol. The van der Waals surface area contributed by atoms with Gasteiger partial charge in [0.2, 0.25) is 5.91 Å². The van der Waals surface area contributed by atoms with Gasteiger partial charge in [-0.25, -0.2) is 0 Å². The highest BCUT2D eigenvalue weighted by Crippen LogP contribution is 2.30. The lowest BCUT2D eigenvalue weighted by Gasteiger charge is -2.18. The number of hydrogen-bond acceptors (Lipinski definition) is 3. The van der Waals surface area contributed by atoms with Crippen molar-refractivity contribution >= 4 is 34.1 Å².